The molecule has 0 aliphatic rings. The molecule has 0 amide bonds. The molecule has 86 valence electrons. The molecule has 1 heterocycles. The molecule has 0 N–H and O–H groups in total. The van der Waals surface area contributed by atoms with Gasteiger partial charge in [0.05, 0.1) is 12.7 Å². The zero-order valence-electron chi connectivity index (χ0n) is 9.84. The van der Waals surface area contributed by atoms with Gasteiger partial charge in [-0.15, -0.1) is 0 Å². The monoisotopic (exact) mass is 220 g/mol. The van der Waals surface area contributed by atoms with Crippen LogP contribution in [0.15, 0.2) is 12.3 Å². The van der Waals surface area contributed by atoms with Crippen LogP contribution in [0.3, 0.4) is 0 Å². The largest absolute Gasteiger partial charge is 0.377 e. The molecule has 0 radical (unpaired) electrons. The summed E-state index contributed by atoms with van der Waals surface area (Å²) in [7, 11) is 1.88. The predicted molar refractivity (Wildman–Crippen MR) is 61.1 cm³/mol. The number of nitriles is 1. The minimum atomic E-state index is 0.222. The molecule has 5 nitrogen and oxygen atoms in total. The molecule has 0 aromatic carbocycles. The molecule has 0 aliphatic carbocycles. The first-order valence-corrected chi connectivity index (χ1v) is 5.19. The van der Waals surface area contributed by atoms with Gasteiger partial charge in [-0.2, -0.15) is 5.26 Å². The molecule has 0 aliphatic heterocycles. The molecule has 0 unspecified atom stereocenters. The van der Waals surface area contributed by atoms with Crippen molar-refractivity contribution in [3.05, 3.63) is 18.0 Å². The first-order valence-electron chi connectivity index (χ1n) is 5.19. The highest BCUT2D eigenvalue weighted by molar-refractivity contribution is 5.32. The SMILES string of the molecule is CC(C)OCCN(C)c1nccc(C#N)n1. The fraction of sp³-hybridized carbons (Fsp3) is 0.545. The van der Waals surface area contributed by atoms with Crippen molar-refractivity contribution in [2.75, 3.05) is 25.1 Å². The average molecular weight is 220 g/mol. The van der Waals surface area contributed by atoms with E-state index in [9.17, 15) is 0 Å². The lowest BCUT2D eigenvalue weighted by Crippen LogP contribution is -2.25. The Labute approximate surface area is 95.7 Å². The maximum absolute atomic E-state index is 8.71. The molecule has 0 spiro atoms. The van der Waals surface area contributed by atoms with Crippen molar-refractivity contribution in [1.29, 1.82) is 5.26 Å². The normalized spacial score (nSPS) is 10.2. The summed E-state index contributed by atoms with van der Waals surface area (Å²) in [5, 5.41) is 8.71. The van der Waals surface area contributed by atoms with Gasteiger partial charge in [0, 0.05) is 19.8 Å². The van der Waals surface area contributed by atoms with Crippen molar-refractivity contribution in [2.24, 2.45) is 0 Å². The van der Waals surface area contributed by atoms with Crippen LogP contribution in [-0.2, 0) is 4.74 Å². The fourth-order valence-electron chi connectivity index (χ4n) is 1.12. The maximum Gasteiger partial charge on any atom is 0.226 e. The van der Waals surface area contributed by atoms with E-state index in [1.54, 1.807) is 12.3 Å². The second-order valence-corrected chi connectivity index (χ2v) is 3.69. The van der Waals surface area contributed by atoms with Gasteiger partial charge in [-0.1, -0.05) is 0 Å². The zero-order chi connectivity index (χ0) is 12.0. The number of aromatic nitrogens is 2. The third-order valence-electron chi connectivity index (χ3n) is 1.98. The molecule has 1 aromatic rings. The Bertz CT molecular complexity index is 372. The van der Waals surface area contributed by atoms with Crippen molar-refractivity contribution < 1.29 is 4.74 Å². The van der Waals surface area contributed by atoms with Crippen molar-refractivity contribution >= 4 is 5.95 Å². The summed E-state index contributed by atoms with van der Waals surface area (Å²) < 4.78 is 5.43. The van der Waals surface area contributed by atoms with Crippen LogP contribution in [0.4, 0.5) is 5.95 Å². The van der Waals surface area contributed by atoms with Crippen LogP contribution in [0, 0.1) is 11.3 Å². The topological polar surface area (TPSA) is 62.0 Å². The lowest BCUT2D eigenvalue weighted by molar-refractivity contribution is 0.0844. The van der Waals surface area contributed by atoms with Crippen LogP contribution in [0.2, 0.25) is 0 Å². The maximum atomic E-state index is 8.71. The van der Waals surface area contributed by atoms with E-state index in [2.05, 4.69) is 9.97 Å². The van der Waals surface area contributed by atoms with Crippen molar-refractivity contribution in [3.63, 3.8) is 0 Å². The summed E-state index contributed by atoms with van der Waals surface area (Å²) in [5.41, 5.74) is 0.377. The lowest BCUT2D eigenvalue weighted by Gasteiger charge is -2.17. The molecule has 1 aromatic heterocycles. The number of anilines is 1. The van der Waals surface area contributed by atoms with Gasteiger partial charge in [0.2, 0.25) is 5.95 Å². The fourth-order valence-corrected chi connectivity index (χ4v) is 1.12. The molecular weight excluding hydrogens is 204 g/mol. The minimum Gasteiger partial charge on any atom is -0.377 e. The molecule has 5 heteroatoms. The molecule has 16 heavy (non-hydrogen) atoms. The van der Waals surface area contributed by atoms with Gasteiger partial charge < -0.3 is 9.64 Å². The summed E-state index contributed by atoms with van der Waals surface area (Å²) in [6.07, 6.45) is 1.81. The van der Waals surface area contributed by atoms with Crippen molar-refractivity contribution in [3.8, 4) is 6.07 Å². The number of nitrogens with zero attached hydrogens (tertiary/aromatic N) is 4. The Kier molecular flexibility index (Phi) is 4.67. The average Bonchev–Trinajstić information content (AvgIpc) is 2.28. The molecule has 0 fully saturated rings. The van der Waals surface area contributed by atoms with Gasteiger partial charge in [-0.3, -0.25) is 0 Å². The highest BCUT2D eigenvalue weighted by Crippen LogP contribution is 2.04. The number of likely N-dealkylation sites (N-methyl/N-ethyl adjacent to an activating group) is 1. The third-order valence-corrected chi connectivity index (χ3v) is 1.98. The van der Waals surface area contributed by atoms with E-state index in [1.165, 1.54) is 0 Å². The van der Waals surface area contributed by atoms with Gasteiger partial charge in [-0.05, 0) is 19.9 Å². The van der Waals surface area contributed by atoms with Crippen LogP contribution in [0.1, 0.15) is 19.5 Å². The van der Waals surface area contributed by atoms with Crippen LogP contribution >= 0.6 is 0 Å². The zero-order valence-corrected chi connectivity index (χ0v) is 9.84. The minimum absolute atomic E-state index is 0.222. The molecule has 0 atom stereocenters. The first kappa shape index (κ1) is 12.4. The molecule has 0 bridgehead atoms. The van der Waals surface area contributed by atoms with Crippen LogP contribution in [0.25, 0.3) is 0 Å². The Morgan fingerprint density at radius 1 is 1.56 bits per heavy atom. The van der Waals surface area contributed by atoms with E-state index in [-0.39, 0.29) is 6.10 Å². The van der Waals surface area contributed by atoms with E-state index in [0.717, 1.165) is 0 Å². The molecule has 0 saturated carbocycles. The Hall–Kier alpha value is -1.67. The van der Waals surface area contributed by atoms with E-state index in [4.69, 9.17) is 10.00 Å². The smallest absolute Gasteiger partial charge is 0.226 e. The number of hydrogen-bond donors (Lipinski definition) is 0. The summed E-state index contributed by atoms with van der Waals surface area (Å²) in [6.45, 7) is 5.31. The lowest BCUT2D eigenvalue weighted by atomic mass is 10.4. The molecule has 1 rings (SSSR count). The second kappa shape index (κ2) is 6.03. The van der Waals surface area contributed by atoms with Crippen LogP contribution in [-0.4, -0.2) is 36.3 Å². The highest BCUT2D eigenvalue weighted by atomic mass is 16.5. The summed E-state index contributed by atoms with van der Waals surface area (Å²) >= 11 is 0. The van der Waals surface area contributed by atoms with Crippen LogP contribution < -0.4 is 4.90 Å². The van der Waals surface area contributed by atoms with E-state index >= 15 is 0 Å². The van der Waals surface area contributed by atoms with Gasteiger partial charge >= 0.3 is 0 Å². The standard InChI is InChI=1S/C11H16N4O/c1-9(2)16-7-6-15(3)11-13-5-4-10(8-12)14-11/h4-5,9H,6-7H2,1-3H3. The van der Waals surface area contributed by atoms with E-state index in [0.29, 0.717) is 24.8 Å². The van der Waals surface area contributed by atoms with Gasteiger partial charge in [0.15, 0.2) is 0 Å². The van der Waals surface area contributed by atoms with Gasteiger partial charge in [0.1, 0.15) is 11.8 Å². The number of hydrogen-bond acceptors (Lipinski definition) is 5. The quantitative estimate of drug-likeness (QED) is 0.746. The summed E-state index contributed by atoms with van der Waals surface area (Å²) in [5.74, 6) is 0.548. The van der Waals surface area contributed by atoms with E-state index < -0.39 is 0 Å². The van der Waals surface area contributed by atoms with Gasteiger partial charge in [0.25, 0.3) is 0 Å². The molecule has 0 saturated heterocycles. The Morgan fingerprint density at radius 3 is 2.94 bits per heavy atom. The summed E-state index contributed by atoms with van der Waals surface area (Å²) in [6, 6.07) is 3.57. The third kappa shape index (κ3) is 3.83. The predicted octanol–water partition coefficient (Wildman–Crippen LogP) is 1.21. The number of rotatable bonds is 5. The Morgan fingerprint density at radius 2 is 2.31 bits per heavy atom. The Balaban J connectivity index is 2.52. The first-order chi connectivity index (χ1) is 7.63. The number of ether oxygens (including phenoxy) is 1. The van der Waals surface area contributed by atoms with Gasteiger partial charge in [-0.25, -0.2) is 9.97 Å². The van der Waals surface area contributed by atoms with Crippen molar-refractivity contribution in [2.45, 2.75) is 20.0 Å². The highest BCUT2D eigenvalue weighted by Gasteiger charge is 2.05. The second-order valence-electron chi connectivity index (χ2n) is 3.69. The van der Waals surface area contributed by atoms with Crippen molar-refractivity contribution in [1.82, 2.24) is 9.97 Å². The molecular formula is C11H16N4O. The van der Waals surface area contributed by atoms with E-state index in [1.807, 2.05) is 31.9 Å². The van der Waals surface area contributed by atoms with Crippen LogP contribution in [0.5, 0.6) is 0 Å². The summed E-state index contributed by atoms with van der Waals surface area (Å²) in [4.78, 5) is 10.0.